The SMILES string of the molecule is CCC(CCc1ccc(C)cc1CN1C(=O)OC(c2cc(C(F)(F)F)cc(C(F)(F)F)c2)C1C)C1CCC(CC(=O)O)CC1. The standard InChI is InChI=1S/C33H39F6NO4/c1-4-22(23-9-6-21(7-10-23)14-29(41)42)11-12-24-8-5-19(2)13-26(24)18-40-20(3)30(44-31(40)43)25-15-27(32(34,35)36)17-28(16-25)33(37,38)39/h5,8,13,15-17,20-23,30H,4,6-7,9-12,14,18H2,1-3H3,(H,41,42). The number of aliphatic carboxylic acids is 1. The lowest BCUT2D eigenvalue weighted by atomic mass is 9.72. The van der Waals surface area contributed by atoms with Gasteiger partial charge in [-0.3, -0.25) is 9.69 Å². The molecule has 44 heavy (non-hydrogen) atoms. The van der Waals surface area contributed by atoms with Crippen molar-refractivity contribution in [2.75, 3.05) is 0 Å². The predicted octanol–water partition coefficient (Wildman–Crippen LogP) is 9.35. The summed E-state index contributed by atoms with van der Waals surface area (Å²) < 4.78 is 86.2. The smallest absolute Gasteiger partial charge is 0.416 e. The van der Waals surface area contributed by atoms with Gasteiger partial charge in [0, 0.05) is 13.0 Å². The van der Waals surface area contributed by atoms with Gasteiger partial charge >= 0.3 is 24.4 Å². The number of hydrogen-bond acceptors (Lipinski definition) is 3. The topological polar surface area (TPSA) is 66.8 Å². The number of rotatable bonds is 10. The van der Waals surface area contributed by atoms with Crippen molar-refractivity contribution in [2.45, 2.75) is 103 Å². The molecule has 1 amide bonds. The molecule has 2 fully saturated rings. The highest BCUT2D eigenvalue weighted by molar-refractivity contribution is 5.71. The lowest BCUT2D eigenvalue weighted by molar-refractivity contribution is -0.143. The van der Waals surface area contributed by atoms with Crippen LogP contribution in [0.4, 0.5) is 31.1 Å². The Morgan fingerprint density at radius 3 is 2.14 bits per heavy atom. The number of carbonyl (C=O) groups is 2. The monoisotopic (exact) mass is 627 g/mol. The molecule has 2 aromatic carbocycles. The second-order valence-electron chi connectivity index (χ2n) is 12.4. The van der Waals surface area contributed by atoms with Crippen LogP contribution in [0.5, 0.6) is 0 Å². The van der Waals surface area contributed by atoms with Crippen LogP contribution in [0, 0.1) is 24.7 Å². The number of carbonyl (C=O) groups excluding carboxylic acids is 1. The Bertz CT molecular complexity index is 1300. The maximum atomic E-state index is 13.5. The maximum Gasteiger partial charge on any atom is 0.416 e. The largest absolute Gasteiger partial charge is 0.481 e. The molecular weight excluding hydrogens is 588 g/mol. The van der Waals surface area contributed by atoms with E-state index < -0.39 is 47.7 Å². The van der Waals surface area contributed by atoms with Crippen LogP contribution in [0.15, 0.2) is 36.4 Å². The van der Waals surface area contributed by atoms with Crippen LogP contribution in [-0.2, 0) is 34.8 Å². The van der Waals surface area contributed by atoms with Gasteiger partial charge in [0.1, 0.15) is 6.10 Å². The number of carboxylic acid groups (broad SMARTS) is 1. The van der Waals surface area contributed by atoms with Gasteiger partial charge in [-0.05, 0) is 105 Å². The van der Waals surface area contributed by atoms with E-state index in [0.717, 1.165) is 61.6 Å². The molecule has 5 nitrogen and oxygen atoms in total. The number of halogens is 6. The summed E-state index contributed by atoms with van der Waals surface area (Å²) in [4.78, 5) is 25.4. The van der Waals surface area contributed by atoms with Crippen molar-refractivity contribution in [2.24, 2.45) is 17.8 Å². The molecule has 0 radical (unpaired) electrons. The van der Waals surface area contributed by atoms with E-state index in [-0.39, 0.29) is 30.5 Å². The highest BCUT2D eigenvalue weighted by Gasteiger charge is 2.43. The van der Waals surface area contributed by atoms with Gasteiger partial charge in [0.2, 0.25) is 0 Å². The lowest BCUT2D eigenvalue weighted by Crippen LogP contribution is -2.32. The average Bonchev–Trinajstić information content (AvgIpc) is 3.22. The first-order valence-electron chi connectivity index (χ1n) is 15.1. The van der Waals surface area contributed by atoms with Crippen molar-refractivity contribution in [1.29, 1.82) is 0 Å². The lowest BCUT2D eigenvalue weighted by Gasteiger charge is -2.33. The number of alkyl halides is 6. The number of amides is 1. The summed E-state index contributed by atoms with van der Waals surface area (Å²) in [6.45, 7) is 5.74. The molecule has 1 saturated heterocycles. The summed E-state index contributed by atoms with van der Waals surface area (Å²) in [6.07, 6.45) is -5.44. The van der Waals surface area contributed by atoms with Crippen molar-refractivity contribution in [3.05, 3.63) is 69.8 Å². The predicted molar refractivity (Wildman–Crippen MR) is 152 cm³/mol. The van der Waals surface area contributed by atoms with Crippen LogP contribution in [0.1, 0.15) is 98.3 Å². The minimum Gasteiger partial charge on any atom is -0.481 e. The third-order valence-corrected chi connectivity index (χ3v) is 9.36. The van der Waals surface area contributed by atoms with Crippen LogP contribution in [0.25, 0.3) is 0 Å². The average molecular weight is 628 g/mol. The van der Waals surface area contributed by atoms with Crippen LogP contribution in [0.2, 0.25) is 0 Å². The third-order valence-electron chi connectivity index (χ3n) is 9.36. The Hall–Kier alpha value is -3.24. The molecule has 2 aliphatic rings. The van der Waals surface area contributed by atoms with Gasteiger partial charge in [-0.1, -0.05) is 37.1 Å². The van der Waals surface area contributed by atoms with Crippen LogP contribution in [0.3, 0.4) is 0 Å². The van der Waals surface area contributed by atoms with E-state index in [1.807, 2.05) is 25.1 Å². The zero-order valence-electron chi connectivity index (χ0n) is 25.1. The summed E-state index contributed by atoms with van der Waals surface area (Å²) in [5.74, 6) is 0.448. The highest BCUT2D eigenvalue weighted by atomic mass is 19.4. The van der Waals surface area contributed by atoms with E-state index in [4.69, 9.17) is 9.84 Å². The molecule has 11 heteroatoms. The first-order chi connectivity index (χ1) is 20.6. The number of carboxylic acids is 1. The molecule has 4 rings (SSSR count). The molecule has 242 valence electrons. The zero-order chi connectivity index (χ0) is 32.4. The fraction of sp³-hybridized carbons (Fsp3) is 0.576. The maximum absolute atomic E-state index is 13.5. The van der Waals surface area contributed by atoms with Gasteiger partial charge in [0.25, 0.3) is 0 Å². The van der Waals surface area contributed by atoms with Crippen molar-refractivity contribution in [3.63, 3.8) is 0 Å². The van der Waals surface area contributed by atoms with Crippen LogP contribution >= 0.6 is 0 Å². The fourth-order valence-electron chi connectivity index (χ4n) is 6.86. The van der Waals surface area contributed by atoms with Crippen LogP contribution in [-0.4, -0.2) is 28.1 Å². The first-order valence-corrected chi connectivity index (χ1v) is 15.1. The van der Waals surface area contributed by atoms with E-state index in [2.05, 4.69) is 6.92 Å². The van der Waals surface area contributed by atoms with Crippen molar-refractivity contribution in [3.8, 4) is 0 Å². The molecule has 1 N–H and O–H groups in total. The third kappa shape index (κ3) is 8.07. The first kappa shape index (κ1) is 33.6. The number of nitrogens with zero attached hydrogens (tertiary/aromatic N) is 1. The molecule has 1 saturated carbocycles. The second kappa shape index (κ2) is 13.4. The summed E-state index contributed by atoms with van der Waals surface area (Å²) in [5, 5.41) is 9.12. The molecule has 3 atom stereocenters. The van der Waals surface area contributed by atoms with Crippen molar-refractivity contribution in [1.82, 2.24) is 4.90 Å². The Kier molecular flexibility index (Phi) is 10.2. The Balaban J connectivity index is 1.49. The highest BCUT2D eigenvalue weighted by Crippen LogP contribution is 2.42. The van der Waals surface area contributed by atoms with Gasteiger partial charge in [-0.2, -0.15) is 26.3 Å². The Labute approximate surface area is 253 Å². The summed E-state index contributed by atoms with van der Waals surface area (Å²) in [7, 11) is 0. The number of cyclic esters (lactones) is 1. The number of hydrogen-bond donors (Lipinski definition) is 1. The molecule has 2 aromatic rings. The number of aryl methyl sites for hydroxylation is 2. The van der Waals surface area contributed by atoms with E-state index in [9.17, 15) is 35.9 Å². The van der Waals surface area contributed by atoms with Gasteiger partial charge < -0.3 is 9.84 Å². The van der Waals surface area contributed by atoms with Crippen molar-refractivity contribution >= 4 is 12.1 Å². The van der Waals surface area contributed by atoms with Crippen molar-refractivity contribution < 1.29 is 45.8 Å². The quantitative estimate of drug-likeness (QED) is 0.267. The molecule has 1 aliphatic heterocycles. The Morgan fingerprint density at radius 1 is 0.977 bits per heavy atom. The van der Waals surface area contributed by atoms with E-state index in [0.29, 0.717) is 24.0 Å². The minimum absolute atomic E-state index is 0.0625. The minimum atomic E-state index is -5.01. The number of ether oxygens (including phenoxy) is 1. The fourth-order valence-corrected chi connectivity index (χ4v) is 6.86. The number of benzene rings is 2. The molecule has 1 aliphatic carbocycles. The molecular formula is C33H39F6NO4. The molecule has 0 bridgehead atoms. The molecule has 1 heterocycles. The van der Waals surface area contributed by atoms with Gasteiger partial charge in [0.05, 0.1) is 17.2 Å². The molecule has 0 aromatic heterocycles. The summed E-state index contributed by atoms with van der Waals surface area (Å²) >= 11 is 0. The van der Waals surface area contributed by atoms with Gasteiger partial charge in [-0.25, -0.2) is 4.79 Å². The summed E-state index contributed by atoms with van der Waals surface area (Å²) in [5.41, 5.74) is -0.428. The van der Waals surface area contributed by atoms with E-state index >= 15 is 0 Å². The normalized spacial score (nSPS) is 23.5. The van der Waals surface area contributed by atoms with E-state index in [1.165, 1.54) is 4.90 Å². The summed E-state index contributed by atoms with van der Waals surface area (Å²) in [6, 6.07) is 6.42. The zero-order valence-corrected chi connectivity index (χ0v) is 25.1. The molecule has 0 spiro atoms. The Morgan fingerprint density at radius 2 is 1.59 bits per heavy atom. The van der Waals surface area contributed by atoms with Gasteiger partial charge in [0.15, 0.2) is 0 Å². The van der Waals surface area contributed by atoms with E-state index in [1.54, 1.807) is 6.92 Å². The second-order valence-corrected chi connectivity index (χ2v) is 12.4. The molecule has 3 unspecified atom stereocenters. The van der Waals surface area contributed by atoms with Crippen LogP contribution < -0.4 is 0 Å². The van der Waals surface area contributed by atoms with Gasteiger partial charge in [-0.15, -0.1) is 0 Å².